The minimum absolute atomic E-state index is 0.273. The van der Waals surface area contributed by atoms with Gasteiger partial charge in [0.15, 0.2) is 0 Å². The van der Waals surface area contributed by atoms with Crippen LogP contribution in [0.3, 0.4) is 0 Å². The Morgan fingerprint density at radius 1 is 1.40 bits per heavy atom. The number of aromatic nitrogens is 1. The molecular formula is C11H8FNO2. The van der Waals surface area contributed by atoms with Gasteiger partial charge in [-0.15, -0.1) is 0 Å². The van der Waals surface area contributed by atoms with Gasteiger partial charge in [0.2, 0.25) is 0 Å². The number of pyridine rings is 1. The lowest BCUT2D eigenvalue weighted by Gasteiger charge is -2.03. The van der Waals surface area contributed by atoms with Gasteiger partial charge in [-0.1, -0.05) is 0 Å². The number of methoxy groups -OCH3 is 1. The van der Waals surface area contributed by atoms with Crippen molar-refractivity contribution < 1.29 is 13.9 Å². The monoisotopic (exact) mass is 205 g/mol. The van der Waals surface area contributed by atoms with Crippen LogP contribution in [-0.4, -0.2) is 18.1 Å². The molecule has 1 heterocycles. The Morgan fingerprint density at radius 3 is 2.93 bits per heavy atom. The van der Waals surface area contributed by atoms with E-state index in [1.54, 1.807) is 12.1 Å². The minimum atomic E-state index is -0.515. The first kappa shape index (κ1) is 9.58. The molecule has 0 aliphatic heterocycles. The highest BCUT2D eigenvalue weighted by atomic mass is 19.1. The number of ether oxygens (including phenoxy) is 1. The predicted molar refractivity (Wildman–Crippen MR) is 53.0 cm³/mol. The number of nitrogens with zero attached hydrogens (tertiary/aromatic N) is 1. The van der Waals surface area contributed by atoms with Gasteiger partial charge >= 0.3 is 5.97 Å². The zero-order valence-corrected chi connectivity index (χ0v) is 8.03. The van der Waals surface area contributed by atoms with Gasteiger partial charge in [0, 0.05) is 11.6 Å². The molecule has 1 aromatic carbocycles. The summed E-state index contributed by atoms with van der Waals surface area (Å²) in [7, 11) is 1.28. The number of hydrogen-bond acceptors (Lipinski definition) is 3. The molecule has 4 heteroatoms. The van der Waals surface area contributed by atoms with E-state index < -0.39 is 11.8 Å². The average Bonchev–Trinajstić information content (AvgIpc) is 2.29. The van der Waals surface area contributed by atoms with Crippen LogP contribution in [0.5, 0.6) is 0 Å². The number of carbonyl (C=O) groups is 1. The summed E-state index contributed by atoms with van der Waals surface area (Å²) in [4.78, 5) is 15.3. The van der Waals surface area contributed by atoms with Crippen LogP contribution in [0.4, 0.5) is 4.39 Å². The summed E-state index contributed by atoms with van der Waals surface area (Å²) in [6.45, 7) is 0. The van der Waals surface area contributed by atoms with E-state index in [0.717, 1.165) is 0 Å². The Hall–Kier alpha value is -1.97. The van der Waals surface area contributed by atoms with E-state index >= 15 is 0 Å². The molecule has 0 unspecified atom stereocenters. The van der Waals surface area contributed by atoms with Gasteiger partial charge in [0.05, 0.1) is 18.2 Å². The molecule has 0 aliphatic rings. The summed E-state index contributed by atoms with van der Waals surface area (Å²) in [6.07, 6.45) is 1.51. The molecule has 0 atom stereocenters. The first-order valence-electron chi connectivity index (χ1n) is 4.35. The molecule has 0 bridgehead atoms. The zero-order valence-electron chi connectivity index (χ0n) is 8.03. The number of benzene rings is 1. The van der Waals surface area contributed by atoms with Crippen LogP contribution in [0.1, 0.15) is 10.4 Å². The third kappa shape index (κ3) is 1.54. The molecule has 0 spiro atoms. The highest BCUT2D eigenvalue weighted by molar-refractivity contribution is 6.02. The van der Waals surface area contributed by atoms with Crippen LogP contribution in [-0.2, 0) is 4.74 Å². The average molecular weight is 205 g/mol. The number of esters is 1. The molecule has 0 fully saturated rings. The van der Waals surface area contributed by atoms with E-state index in [9.17, 15) is 9.18 Å². The number of rotatable bonds is 1. The Morgan fingerprint density at radius 2 is 2.20 bits per heavy atom. The van der Waals surface area contributed by atoms with Gasteiger partial charge < -0.3 is 4.74 Å². The van der Waals surface area contributed by atoms with E-state index in [1.165, 1.54) is 25.4 Å². The molecule has 15 heavy (non-hydrogen) atoms. The van der Waals surface area contributed by atoms with Crippen LogP contribution in [0.2, 0.25) is 0 Å². The molecule has 0 radical (unpaired) electrons. The molecule has 3 nitrogen and oxygen atoms in total. The smallest absolute Gasteiger partial charge is 0.340 e. The first-order chi connectivity index (χ1) is 7.24. The van der Waals surface area contributed by atoms with Gasteiger partial charge in [-0.2, -0.15) is 0 Å². The lowest BCUT2D eigenvalue weighted by molar-refractivity contribution is 0.0603. The molecule has 1 aromatic heterocycles. The number of carbonyl (C=O) groups excluding carboxylic acids is 1. The van der Waals surface area contributed by atoms with Crippen molar-refractivity contribution in [2.24, 2.45) is 0 Å². The Bertz CT molecular complexity index is 525. The van der Waals surface area contributed by atoms with Crippen LogP contribution in [0, 0.1) is 5.82 Å². The van der Waals surface area contributed by atoms with Crippen molar-refractivity contribution in [1.29, 1.82) is 0 Å². The lowest BCUT2D eigenvalue weighted by atomic mass is 10.1. The maximum absolute atomic E-state index is 13.3. The van der Waals surface area contributed by atoms with Crippen molar-refractivity contribution in [3.8, 4) is 0 Å². The molecule has 2 aromatic rings. The second-order valence-corrected chi connectivity index (χ2v) is 2.99. The molecule has 0 saturated carbocycles. The lowest BCUT2D eigenvalue weighted by Crippen LogP contribution is -2.03. The summed E-state index contributed by atoms with van der Waals surface area (Å²) in [5.41, 5.74) is 0.596. The van der Waals surface area contributed by atoms with E-state index in [0.29, 0.717) is 10.9 Å². The number of halogens is 1. The van der Waals surface area contributed by atoms with Crippen molar-refractivity contribution in [3.63, 3.8) is 0 Å². The number of fused-ring (bicyclic) bond motifs is 1. The largest absolute Gasteiger partial charge is 0.465 e. The van der Waals surface area contributed by atoms with E-state index in [4.69, 9.17) is 0 Å². The molecule has 0 saturated heterocycles. The Kier molecular flexibility index (Phi) is 2.33. The molecule has 0 N–H and O–H groups in total. The second kappa shape index (κ2) is 3.65. The Labute approximate surface area is 85.5 Å². The standard InChI is InChI=1S/C11H8FNO2/c1-15-11(14)8-4-5-9(12)7-3-2-6-13-10(7)8/h2-6H,1H3. The SMILES string of the molecule is COC(=O)c1ccc(F)c2cccnc12. The van der Waals surface area contributed by atoms with E-state index in [2.05, 4.69) is 9.72 Å². The van der Waals surface area contributed by atoms with Crippen LogP contribution in [0.15, 0.2) is 30.5 Å². The third-order valence-corrected chi connectivity index (χ3v) is 2.12. The second-order valence-electron chi connectivity index (χ2n) is 2.99. The third-order valence-electron chi connectivity index (χ3n) is 2.12. The summed E-state index contributed by atoms with van der Waals surface area (Å²) in [6, 6.07) is 5.79. The summed E-state index contributed by atoms with van der Waals surface area (Å²) < 4.78 is 17.9. The molecule has 76 valence electrons. The van der Waals surface area contributed by atoms with Crippen molar-refractivity contribution in [1.82, 2.24) is 4.98 Å². The van der Waals surface area contributed by atoms with Gasteiger partial charge in [0.1, 0.15) is 5.82 Å². The van der Waals surface area contributed by atoms with Gasteiger partial charge in [-0.25, -0.2) is 9.18 Å². The van der Waals surface area contributed by atoms with Gasteiger partial charge in [0.25, 0.3) is 0 Å². The summed E-state index contributed by atoms with van der Waals surface area (Å²) >= 11 is 0. The highest BCUT2D eigenvalue weighted by Gasteiger charge is 2.13. The predicted octanol–water partition coefficient (Wildman–Crippen LogP) is 2.16. The van der Waals surface area contributed by atoms with Gasteiger partial charge in [-0.05, 0) is 24.3 Å². The van der Waals surface area contributed by atoms with Crippen molar-refractivity contribution >= 4 is 16.9 Å². The normalized spacial score (nSPS) is 10.3. The maximum Gasteiger partial charge on any atom is 0.340 e. The fourth-order valence-corrected chi connectivity index (χ4v) is 1.41. The van der Waals surface area contributed by atoms with Crippen LogP contribution < -0.4 is 0 Å². The van der Waals surface area contributed by atoms with E-state index in [1.807, 2.05) is 0 Å². The van der Waals surface area contributed by atoms with Crippen molar-refractivity contribution in [2.45, 2.75) is 0 Å². The van der Waals surface area contributed by atoms with Crippen LogP contribution >= 0.6 is 0 Å². The first-order valence-corrected chi connectivity index (χ1v) is 4.35. The topological polar surface area (TPSA) is 39.2 Å². The van der Waals surface area contributed by atoms with Crippen LogP contribution in [0.25, 0.3) is 10.9 Å². The van der Waals surface area contributed by atoms with Gasteiger partial charge in [-0.3, -0.25) is 4.98 Å². The fraction of sp³-hybridized carbons (Fsp3) is 0.0909. The molecule has 2 rings (SSSR count). The quantitative estimate of drug-likeness (QED) is 0.669. The Balaban J connectivity index is 2.77. The van der Waals surface area contributed by atoms with Crippen molar-refractivity contribution in [3.05, 3.63) is 41.8 Å². The van der Waals surface area contributed by atoms with Crippen molar-refractivity contribution in [2.75, 3.05) is 7.11 Å². The molecule has 0 aliphatic carbocycles. The zero-order chi connectivity index (χ0) is 10.8. The minimum Gasteiger partial charge on any atom is -0.465 e. The molecular weight excluding hydrogens is 197 g/mol. The van der Waals surface area contributed by atoms with E-state index in [-0.39, 0.29) is 5.56 Å². The fourth-order valence-electron chi connectivity index (χ4n) is 1.41. The maximum atomic E-state index is 13.3. The highest BCUT2D eigenvalue weighted by Crippen LogP contribution is 2.19. The molecule has 0 amide bonds. The summed E-state index contributed by atoms with van der Waals surface area (Å²) in [5, 5.41) is 0.320. The number of hydrogen-bond donors (Lipinski definition) is 0. The summed E-state index contributed by atoms with van der Waals surface area (Å²) in [5.74, 6) is -0.913.